The van der Waals surface area contributed by atoms with Gasteiger partial charge in [0.25, 0.3) is 5.69 Å². The SMILES string of the molecule is COc1ccc(C2NC(C)(C(=O)O)C(c3ccc([N+](=O)[O-])cc3)C2C(=O)c2ccccc2)cc1. The molecule has 8 heteroatoms. The first-order chi connectivity index (χ1) is 16.3. The lowest BCUT2D eigenvalue weighted by atomic mass is 9.71. The number of carboxylic acid groups (broad SMARTS) is 1. The summed E-state index contributed by atoms with van der Waals surface area (Å²) in [5.41, 5.74) is 0.134. The van der Waals surface area contributed by atoms with Gasteiger partial charge in [0.2, 0.25) is 0 Å². The van der Waals surface area contributed by atoms with Gasteiger partial charge in [-0.3, -0.25) is 25.0 Å². The number of hydrogen-bond acceptors (Lipinski definition) is 6. The smallest absolute Gasteiger partial charge is 0.324 e. The van der Waals surface area contributed by atoms with Crippen LogP contribution in [0.1, 0.15) is 40.4 Å². The summed E-state index contributed by atoms with van der Waals surface area (Å²) < 4.78 is 5.24. The van der Waals surface area contributed by atoms with Gasteiger partial charge in [0.15, 0.2) is 5.78 Å². The van der Waals surface area contributed by atoms with Gasteiger partial charge in [-0.2, -0.15) is 0 Å². The fourth-order valence-electron chi connectivity index (χ4n) is 4.79. The molecular weight excluding hydrogens is 436 g/mol. The minimum absolute atomic E-state index is 0.107. The average molecular weight is 460 g/mol. The molecule has 2 N–H and O–H groups in total. The van der Waals surface area contributed by atoms with E-state index in [-0.39, 0.29) is 11.5 Å². The zero-order valence-electron chi connectivity index (χ0n) is 18.7. The van der Waals surface area contributed by atoms with Crippen LogP contribution in [0.5, 0.6) is 5.75 Å². The minimum atomic E-state index is -1.50. The number of methoxy groups -OCH3 is 1. The van der Waals surface area contributed by atoms with E-state index >= 15 is 0 Å². The first-order valence-corrected chi connectivity index (χ1v) is 10.7. The van der Waals surface area contributed by atoms with E-state index in [0.717, 1.165) is 5.56 Å². The molecule has 0 bridgehead atoms. The van der Waals surface area contributed by atoms with Crippen LogP contribution in [-0.4, -0.2) is 34.4 Å². The number of benzene rings is 3. The first kappa shape index (κ1) is 23.1. The third kappa shape index (κ3) is 4.04. The van der Waals surface area contributed by atoms with Crippen molar-refractivity contribution in [2.75, 3.05) is 7.11 Å². The van der Waals surface area contributed by atoms with E-state index < -0.39 is 34.3 Å². The fourth-order valence-corrected chi connectivity index (χ4v) is 4.79. The molecule has 1 fully saturated rings. The number of rotatable bonds is 7. The summed E-state index contributed by atoms with van der Waals surface area (Å²) in [6.45, 7) is 1.55. The minimum Gasteiger partial charge on any atom is -0.497 e. The van der Waals surface area contributed by atoms with E-state index in [2.05, 4.69) is 5.32 Å². The molecule has 1 saturated heterocycles. The predicted molar refractivity (Wildman–Crippen MR) is 125 cm³/mol. The second-order valence-electron chi connectivity index (χ2n) is 8.49. The van der Waals surface area contributed by atoms with Crippen LogP contribution in [0.2, 0.25) is 0 Å². The molecule has 3 aromatic carbocycles. The number of nitrogens with zero attached hydrogens (tertiary/aromatic N) is 1. The molecule has 34 heavy (non-hydrogen) atoms. The van der Waals surface area contributed by atoms with Crippen LogP contribution in [0.15, 0.2) is 78.9 Å². The molecule has 1 aliphatic rings. The van der Waals surface area contributed by atoms with Gasteiger partial charge in [-0.05, 0) is 30.2 Å². The van der Waals surface area contributed by atoms with Gasteiger partial charge < -0.3 is 9.84 Å². The van der Waals surface area contributed by atoms with E-state index in [0.29, 0.717) is 16.9 Å². The maximum atomic E-state index is 13.9. The molecule has 3 aromatic rings. The number of nitrogens with one attached hydrogen (secondary N) is 1. The zero-order valence-corrected chi connectivity index (χ0v) is 18.7. The van der Waals surface area contributed by atoms with E-state index in [9.17, 15) is 24.8 Å². The lowest BCUT2D eigenvalue weighted by Gasteiger charge is -2.29. The van der Waals surface area contributed by atoms with Gasteiger partial charge in [0, 0.05) is 29.7 Å². The maximum absolute atomic E-state index is 13.9. The topological polar surface area (TPSA) is 119 Å². The molecule has 0 amide bonds. The molecule has 0 spiro atoms. The Morgan fingerprint density at radius 2 is 1.56 bits per heavy atom. The monoisotopic (exact) mass is 460 g/mol. The van der Waals surface area contributed by atoms with Crippen molar-refractivity contribution in [1.29, 1.82) is 0 Å². The summed E-state index contributed by atoms with van der Waals surface area (Å²) in [5.74, 6) is -2.25. The summed E-state index contributed by atoms with van der Waals surface area (Å²) in [4.78, 5) is 37.1. The van der Waals surface area contributed by atoms with Crippen molar-refractivity contribution in [3.8, 4) is 5.75 Å². The van der Waals surface area contributed by atoms with E-state index in [1.807, 2.05) is 12.1 Å². The molecule has 174 valence electrons. The summed E-state index contributed by atoms with van der Waals surface area (Å²) in [5, 5.41) is 24.6. The Balaban J connectivity index is 1.88. The van der Waals surface area contributed by atoms with Gasteiger partial charge in [0.1, 0.15) is 11.3 Å². The summed E-state index contributed by atoms with van der Waals surface area (Å²) in [6, 6.07) is 21.0. The number of nitro groups is 1. The lowest BCUT2D eigenvalue weighted by Crippen LogP contribution is -2.49. The molecule has 4 rings (SSSR count). The number of carbonyl (C=O) groups is 2. The maximum Gasteiger partial charge on any atom is 0.324 e. The molecule has 4 unspecified atom stereocenters. The highest BCUT2D eigenvalue weighted by Crippen LogP contribution is 2.50. The van der Waals surface area contributed by atoms with Gasteiger partial charge in [-0.15, -0.1) is 0 Å². The second kappa shape index (κ2) is 9.07. The number of nitro benzene ring substituents is 1. The van der Waals surface area contributed by atoms with Gasteiger partial charge in [0.05, 0.1) is 18.0 Å². The molecule has 8 nitrogen and oxygen atoms in total. The van der Waals surface area contributed by atoms with Crippen LogP contribution in [0.25, 0.3) is 0 Å². The molecule has 4 atom stereocenters. The van der Waals surface area contributed by atoms with Crippen LogP contribution in [-0.2, 0) is 4.79 Å². The van der Waals surface area contributed by atoms with Crippen LogP contribution in [0.4, 0.5) is 5.69 Å². The van der Waals surface area contributed by atoms with Gasteiger partial charge >= 0.3 is 5.97 Å². The molecule has 0 radical (unpaired) electrons. The predicted octanol–water partition coefficient (Wildman–Crippen LogP) is 4.37. The lowest BCUT2D eigenvalue weighted by molar-refractivity contribution is -0.384. The van der Waals surface area contributed by atoms with Crippen molar-refractivity contribution in [3.05, 3.63) is 106 Å². The summed E-state index contributed by atoms with van der Waals surface area (Å²) in [7, 11) is 1.55. The summed E-state index contributed by atoms with van der Waals surface area (Å²) in [6.07, 6.45) is 0. The Hall–Kier alpha value is -4.04. The second-order valence-corrected chi connectivity index (χ2v) is 8.49. The number of non-ortho nitro benzene ring substituents is 1. The average Bonchev–Trinajstić information content (AvgIpc) is 3.18. The largest absolute Gasteiger partial charge is 0.497 e. The van der Waals surface area contributed by atoms with Crippen molar-refractivity contribution < 1.29 is 24.4 Å². The normalized spacial score (nSPS) is 23.9. The van der Waals surface area contributed by atoms with Crippen LogP contribution in [0.3, 0.4) is 0 Å². The number of aliphatic carboxylic acids is 1. The number of ether oxygens (including phenoxy) is 1. The van der Waals surface area contributed by atoms with E-state index in [4.69, 9.17) is 4.74 Å². The van der Waals surface area contributed by atoms with Crippen molar-refractivity contribution >= 4 is 17.4 Å². The molecule has 0 saturated carbocycles. The number of carbonyl (C=O) groups excluding carboxylic acids is 1. The number of Topliss-reactive ketones (excluding diaryl/α,β-unsaturated/α-hetero) is 1. The Kier molecular flexibility index (Phi) is 6.17. The van der Waals surface area contributed by atoms with Crippen molar-refractivity contribution in [2.24, 2.45) is 5.92 Å². The van der Waals surface area contributed by atoms with Crippen LogP contribution >= 0.6 is 0 Å². The standard InChI is InChI=1S/C26H24N2O6/c1-26(25(30)31)22(16-8-12-19(13-9-16)28(32)33)21(24(29)18-6-4-3-5-7-18)23(27-26)17-10-14-20(34-2)15-11-17/h3-15,21-23,27H,1-2H3,(H,30,31). The third-order valence-corrected chi connectivity index (χ3v) is 6.54. The number of ketones is 1. The van der Waals surface area contributed by atoms with E-state index in [1.54, 1.807) is 56.5 Å². The molecule has 1 heterocycles. The van der Waals surface area contributed by atoms with E-state index in [1.165, 1.54) is 24.3 Å². The quantitative estimate of drug-likeness (QED) is 0.305. The number of carboxylic acids is 1. The molecular formula is C26H24N2O6. The third-order valence-electron chi connectivity index (χ3n) is 6.54. The Labute approximate surface area is 196 Å². The highest BCUT2D eigenvalue weighted by Gasteiger charge is 2.58. The Bertz CT molecular complexity index is 1210. The Morgan fingerprint density at radius 1 is 0.971 bits per heavy atom. The molecule has 0 aromatic heterocycles. The summed E-state index contributed by atoms with van der Waals surface area (Å²) >= 11 is 0. The van der Waals surface area contributed by atoms with Gasteiger partial charge in [-0.1, -0.05) is 54.6 Å². The van der Waals surface area contributed by atoms with Crippen LogP contribution in [0, 0.1) is 16.0 Å². The van der Waals surface area contributed by atoms with Gasteiger partial charge in [-0.25, -0.2) is 0 Å². The highest BCUT2D eigenvalue weighted by molar-refractivity contribution is 6.00. The van der Waals surface area contributed by atoms with Crippen LogP contribution < -0.4 is 10.1 Å². The fraction of sp³-hybridized carbons (Fsp3) is 0.231. The molecule has 1 aliphatic heterocycles. The first-order valence-electron chi connectivity index (χ1n) is 10.7. The van der Waals surface area contributed by atoms with Crippen molar-refractivity contribution in [2.45, 2.75) is 24.4 Å². The zero-order chi connectivity index (χ0) is 24.5. The highest BCUT2D eigenvalue weighted by atomic mass is 16.6. The van der Waals surface area contributed by atoms with Crippen molar-refractivity contribution in [1.82, 2.24) is 5.32 Å². The number of hydrogen-bond donors (Lipinski definition) is 2. The van der Waals surface area contributed by atoms with Crippen molar-refractivity contribution in [3.63, 3.8) is 0 Å². The molecule has 0 aliphatic carbocycles. The Morgan fingerprint density at radius 3 is 2.09 bits per heavy atom.